The van der Waals surface area contributed by atoms with Crippen molar-refractivity contribution in [2.45, 2.75) is 10.8 Å². The molecule has 0 saturated heterocycles. The largest absolute Gasteiger partial charge is 0.391 e. The molecule has 0 fully saturated rings. The van der Waals surface area contributed by atoms with Crippen molar-refractivity contribution >= 4 is 27.0 Å². The number of hydrogen-bond donors (Lipinski definition) is 2. The van der Waals surface area contributed by atoms with Gasteiger partial charge in [0.15, 0.2) is 0 Å². The third-order valence-corrected chi connectivity index (χ3v) is 5.03. The van der Waals surface area contributed by atoms with Crippen LogP contribution in [0.4, 0.5) is 5.69 Å². The van der Waals surface area contributed by atoms with Gasteiger partial charge in [-0.25, -0.2) is 8.42 Å². The van der Waals surface area contributed by atoms with Crippen LogP contribution < -0.4 is 4.72 Å². The van der Waals surface area contributed by atoms with E-state index >= 15 is 0 Å². The fraction of sp³-hybridized carbons (Fsp3) is 0.0909. The average Bonchev–Trinajstić information content (AvgIpc) is 2.79. The lowest BCUT2D eigenvalue weighted by Gasteiger charge is -2.05. The lowest BCUT2D eigenvalue weighted by Crippen LogP contribution is -2.11. The van der Waals surface area contributed by atoms with Gasteiger partial charge in [-0.2, -0.15) is 0 Å². The van der Waals surface area contributed by atoms with E-state index in [1.165, 1.54) is 6.07 Å². The van der Waals surface area contributed by atoms with Gasteiger partial charge in [-0.05, 0) is 24.3 Å². The van der Waals surface area contributed by atoms with Crippen LogP contribution in [0.5, 0.6) is 0 Å². The van der Waals surface area contributed by atoms with Gasteiger partial charge in [0, 0.05) is 10.6 Å². The molecule has 1 aromatic heterocycles. The summed E-state index contributed by atoms with van der Waals surface area (Å²) in [7, 11) is -3.55. The molecule has 0 radical (unpaired) electrons. The maximum atomic E-state index is 11.9. The molecule has 90 valence electrons. The van der Waals surface area contributed by atoms with Crippen molar-refractivity contribution in [1.29, 1.82) is 0 Å². The van der Waals surface area contributed by atoms with Gasteiger partial charge in [0.1, 0.15) is 4.21 Å². The van der Waals surface area contributed by atoms with E-state index in [1.807, 2.05) is 6.07 Å². The standard InChI is InChI=1S/C11H11NO3S2/c13-8-10-6-7-11(16-10)17(14,15)12-9-4-2-1-3-5-9/h1-7,12-13H,8H2. The van der Waals surface area contributed by atoms with Crippen LogP contribution in [0.25, 0.3) is 0 Å². The van der Waals surface area contributed by atoms with E-state index in [9.17, 15) is 8.42 Å². The molecule has 0 spiro atoms. The number of sulfonamides is 1. The van der Waals surface area contributed by atoms with E-state index in [0.717, 1.165) is 11.3 Å². The Balaban J connectivity index is 2.25. The Labute approximate surface area is 104 Å². The Bertz CT molecular complexity index is 590. The van der Waals surface area contributed by atoms with Gasteiger partial charge < -0.3 is 5.11 Å². The molecule has 0 bridgehead atoms. The highest BCUT2D eigenvalue weighted by atomic mass is 32.2. The lowest BCUT2D eigenvalue weighted by atomic mass is 10.3. The van der Waals surface area contributed by atoms with Crippen LogP contribution in [-0.2, 0) is 16.6 Å². The number of nitrogens with one attached hydrogen (secondary N) is 1. The molecule has 1 heterocycles. The third-order valence-electron chi connectivity index (χ3n) is 2.08. The molecule has 0 aliphatic rings. The van der Waals surface area contributed by atoms with Gasteiger partial charge in [0.25, 0.3) is 10.0 Å². The van der Waals surface area contributed by atoms with Crippen LogP contribution >= 0.6 is 11.3 Å². The van der Waals surface area contributed by atoms with Crippen molar-refractivity contribution in [1.82, 2.24) is 0 Å². The summed E-state index contributed by atoms with van der Waals surface area (Å²) in [6.07, 6.45) is 0. The Kier molecular flexibility index (Phi) is 3.46. The first kappa shape index (κ1) is 12.1. The van der Waals surface area contributed by atoms with Crippen LogP contribution in [0, 0.1) is 0 Å². The summed E-state index contributed by atoms with van der Waals surface area (Å²) >= 11 is 1.06. The minimum Gasteiger partial charge on any atom is -0.391 e. The first-order chi connectivity index (χ1) is 8.12. The van der Waals surface area contributed by atoms with E-state index in [2.05, 4.69) is 4.72 Å². The number of rotatable bonds is 4. The van der Waals surface area contributed by atoms with Crippen LogP contribution in [0.15, 0.2) is 46.7 Å². The molecular formula is C11H11NO3S2. The molecule has 1 aromatic carbocycles. The minimum atomic E-state index is -3.55. The number of hydrogen-bond acceptors (Lipinski definition) is 4. The molecule has 6 heteroatoms. The Morgan fingerprint density at radius 3 is 2.41 bits per heavy atom. The second kappa shape index (κ2) is 4.87. The fourth-order valence-electron chi connectivity index (χ4n) is 1.30. The van der Waals surface area contributed by atoms with Crippen molar-refractivity contribution < 1.29 is 13.5 Å². The van der Waals surface area contributed by atoms with E-state index < -0.39 is 10.0 Å². The zero-order valence-electron chi connectivity index (χ0n) is 8.83. The van der Waals surface area contributed by atoms with E-state index in [-0.39, 0.29) is 10.8 Å². The van der Waals surface area contributed by atoms with E-state index in [4.69, 9.17) is 5.11 Å². The number of para-hydroxylation sites is 1. The summed E-state index contributed by atoms with van der Waals surface area (Å²) in [4.78, 5) is 0.624. The minimum absolute atomic E-state index is 0.147. The van der Waals surface area contributed by atoms with Crippen LogP contribution in [0.1, 0.15) is 4.88 Å². The SMILES string of the molecule is O=S(=O)(Nc1ccccc1)c1ccc(CO)s1. The number of anilines is 1. The molecule has 0 aliphatic heterocycles. The highest BCUT2D eigenvalue weighted by molar-refractivity contribution is 7.94. The van der Waals surface area contributed by atoms with Gasteiger partial charge in [-0.1, -0.05) is 18.2 Å². The smallest absolute Gasteiger partial charge is 0.271 e. The summed E-state index contributed by atoms with van der Waals surface area (Å²) in [5, 5.41) is 8.90. The van der Waals surface area contributed by atoms with Crippen molar-refractivity contribution in [3.05, 3.63) is 47.3 Å². The van der Waals surface area contributed by atoms with Crippen LogP contribution in [0.2, 0.25) is 0 Å². The molecule has 0 unspecified atom stereocenters. The number of aliphatic hydroxyl groups excluding tert-OH is 1. The predicted molar refractivity (Wildman–Crippen MR) is 67.5 cm³/mol. The summed E-state index contributed by atoms with van der Waals surface area (Å²) in [6, 6.07) is 11.8. The zero-order valence-corrected chi connectivity index (χ0v) is 10.5. The van der Waals surface area contributed by atoms with Crippen LogP contribution in [-0.4, -0.2) is 13.5 Å². The van der Waals surface area contributed by atoms with Gasteiger partial charge in [-0.3, -0.25) is 4.72 Å². The second-order valence-corrected chi connectivity index (χ2v) is 6.43. The lowest BCUT2D eigenvalue weighted by molar-refractivity contribution is 0.285. The van der Waals surface area contributed by atoms with Gasteiger partial charge in [0.05, 0.1) is 6.61 Å². The Morgan fingerprint density at radius 1 is 1.12 bits per heavy atom. The van der Waals surface area contributed by atoms with Gasteiger partial charge in [0.2, 0.25) is 0 Å². The van der Waals surface area contributed by atoms with E-state index in [1.54, 1.807) is 30.3 Å². The monoisotopic (exact) mass is 269 g/mol. The molecule has 0 aliphatic carbocycles. The van der Waals surface area contributed by atoms with Crippen molar-refractivity contribution in [2.75, 3.05) is 4.72 Å². The summed E-state index contributed by atoms with van der Waals surface area (Å²) in [5.41, 5.74) is 0.520. The Hall–Kier alpha value is -1.37. The zero-order chi connectivity index (χ0) is 12.3. The first-order valence-electron chi connectivity index (χ1n) is 4.89. The quantitative estimate of drug-likeness (QED) is 0.892. The van der Waals surface area contributed by atoms with E-state index in [0.29, 0.717) is 10.6 Å². The van der Waals surface area contributed by atoms with Gasteiger partial charge in [-0.15, -0.1) is 11.3 Å². The number of benzene rings is 1. The van der Waals surface area contributed by atoms with Crippen LogP contribution in [0.3, 0.4) is 0 Å². The Morgan fingerprint density at radius 2 is 1.82 bits per heavy atom. The maximum Gasteiger partial charge on any atom is 0.271 e. The molecule has 0 amide bonds. The van der Waals surface area contributed by atoms with Crippen molar-refractivity contribution in [2.24, 2.45) is 0 Å². The normalized spacial score (nSPS) is 11.4. The third kappa shape index (κ3) is 2.85. The van der Waals surface area contributed by atoms with Crippen molar-refractivity contribution in [3.63, 3.8) is 0 Å². The highest BCUT2D eigenvalue weighted by Crippen LogP contribution is 2.23. The van der Waals surface area contributed by atoms with Gasteiger partial charge >= 0.3 is 0 Å². The summed E-state index contributed by atoms with van der Waals surface area (Å²) in [5.74, 6) is 0. The maximum absolute atomic E-state index is 11.9. The molecule has 2 aromatic rings. The average molecular weight is 269 g/mol. The number of thiophene rings is 1. The second-order valence-electron chi connectivity index (χ2n) is 3.35. The molecular weight excluding hydrogens is 258 g/mol. The first-order valence-corrected chi connectivity index (χ1v) is 7.19. The molecule has 17 heavy (non-hydrogen) atoms. The molecule has 4 nitrogen and oxygen atoms in total. The predicted octanol–water partition coefficient (Wildman–Crippen LogP) is 2.04. The molecule has 0 saturated carbocycles. The highest BCUT2D eigenvalue weighted by Gasteiger charge is 2.16. The molecule has 0 atom stereocenters. The molecule has 2 rings (SSSR count). The number of aliphatic hydroxyl groups is 1. The topological polar surface area (TPSA) is 66.4 Å². The summed E-state index contributed by atoms with van der Waals surface area (Å²) in [6.45, 7) is -0.147. The fourth-order valence-corrected chi connectivity index (χ4v) is 3.57. The molecule has 2 N–H and O–H groups in total. The summed E-state index contributed by atoms with van der Waals surface area (Å²) < 4.78 is 26.6. The van der Waals surface area contributed by atoms with Crippen molar-refractivity contribution in [3.8, 4) is 0 Å².